The molecule has 0 spiro atoms. The van der Waals surface area contributed by atoms with E-state index in [1.54, 1.807) is 12.1 Å². The molecule has 1 amide bonds. The first-order valence-electron chi connectivity index (χ1n) is 4.29. The van der Waals surface area contributed by atoms with Crippen LogP contribution >= 0.6 is 0 Å². The first kappa shape index (κ1) is 8.04. The van der Waals surface area contributed by atoms with E-state index in [4.69, 9.17) is 5.73 Å². The van der Waals surface area contributed by atoms with E-state index < -0.39 is 5.91 Å². The minimum absolute atomic E-state index is 0.311. The summed E-state index contributed by atoms with van der Waals surface area (Å²) in [5.74, 6) is 0.248. The SMILES string of the molecule is NC(=O)c1cccc(NC2CC2)n1. The number of carbonyl (C=O) groups is 1. The van der Waals surface area contributed by atoms with E-state index >= 15 is 0 Å². The van der Waals surface area contributed by atoms with Crippen LogP contribution in [0.5, 0.6) is 0 Å². The summed E-state index contributed by atoms with van der Waals surface area (Å²) in [4.78, 5) is 14.9. The average molecular weight is 177 g/mol. The van der Waals surface area contributed by atoms with Gasteiger partial charge in [0.1, 0.15) is 11.5 Å². The van der Waals surface area contributed by atoms with E-state index in [2.05, 4.69) is 10.3 Å². The first-order valence-corrected chi connectivity index (χ1v) is 4.29. The molecule has 1 fully saturated rings. The number of carbonyl (C=O) groups excluding carboxylic acids is 1. The summed E-state index contributed by atoms with van der Waals surface area (Å²) in [6.07, 6.45) is 2.37. The molecule has 1 heterocycles. The van der Waals surface area contributed by atoms with Gasteiger partial charge in [0.05, 0.1) is 0 Å². The van der Waals surface area contributed by atoms with Gasteiger partial charge in [-0.05, 0) is 25.0 Å². The number of nitrogens with zero attached hydrogens (tertiary/aromatic N) is 1. The van der Waals surface area contributed by atoms with Crippen LogP contribution in [0.25, 0.3) is 0 Å². The Bertz CT molecular complexity index is 333. The molecule has 68 valence electrons. The number of hydrogen-bond acceptors (Lipinski definition) is 3. The molecule has 4 heteroatoms. The largest absolute Gasteiger partial charge is 0.367 e. The predicted molar refractivity (Wildman–Crippen MR) is 49.4 cm³/mol. The minimum atomic E-state index is -0.487. The van der Waals surface area contributed by atoms with E-state index in [0.29, 0.717) is 11.7 Å². The van der Waals surface area contributed by atoms with Crippen LogP contribution in [0.15, 0.2) is 18.2 Å². The number of pyridine rings is 1. The standard InChI is InChI=1S/C9H11N3O/c10-9(13)7-2-1-3-8(12-7)11-6-4-5-6/h1-3,6H,4-5H2,(H2,10,13)(H,11,12). The lowest BCUT2D eigenvalue weighted by atomic mass is 10.3. The molecule has 2 rings (SSSR count). The van der Waals surface area contributed by atoms with E-state index in [1.165, 1.54) is 12.8 Å². The number of primary amides is 1. The van der Waals surface area contributed by atoms with Crippen LogP contribution < -0.4 is 11.1 Å². The van der Waals surface area contributed by atoms with E-state index in [1.807, 2.05) is 6.07 Å². The summed E-state index contributed by atoms with van der Waals surface area (Å²) in [6.45, 7) is 0. The molecule has 1 aliphatic carbocycles. The Morgan fingerprint density at radius 2 is 2.31 bits per heavy atom. The Kier molecular flexibility index (Phi) is 1.88. The van der Waals surface area contributed by atoms with Crippen molar-refractivity contribution in [2.45, 2.75) is 18.9 Å². The summed E-state index contributed by atoms with van der Waals surface area (Å²) in [5, 5.41) is 3.19. The zero-order chi connectivity index (χ0) is 9.26. The van der Waals surface area contributed by atoms with E-state index in [-0.39, 0.29) is 0 Å². The molecule has 0 atom stereocenters. The molecule has 0 aliphatic heterocycles. The third kappa shape index (κ3) is 1.96. The fourth-order valence-corrected chi connectivity index (χ4v) is 1.09. The van der Waals surface area contributed by atoms with Crippen molar-refractivity contribution in [1.29, 1.82) is 0 Å². The second-order valence-electron chi connectivity index (χ2n) is 3.19. The highest BCUT2D eigenvalue weighted by Crippen LogP contribution is 2.23. The summed E-state index contributed by atoms with van der Waals surface area (Å²) in [6, 6.07) is 5.76. The third-order valence-corrected chi connectivity index (χ3v) is 1.93. The Morgan fingerprint density at radius 3 is 2.92 bits per heavy atom. The van der Waals surface area contributed by atoms with Crippen molar-refractivity contribution < 1.29 is 4.79 Å². The molecule has 1 aliphatic rings. The Hall–Kier alpha value is -1.58. The van der Waals surface area contributed by atoms with Gasteiger partial charge in [-0.2, -0.15) is 0 Å². The molecule has 1 saturated carbocycles. The molecule has 3 N–H and O–H groups in total. The van der Waals surface area contributed by atoms with Crippen molar-refractivity contribution in [3.8, 4) is 0 Å². The lowest BCUT2D eigenvalue weighted by molar-refractivity contribution is 0.0995. The Labute approximate surface area is 76.2 Å². The third-order valence-electron chi connectivity index (χ3n) is 1.93. The molecule has 0 aromatic carbocycles. The molecule has 0 radical (unpaired) electrons. The number of anilines is 1. The van der Waals surface area contributed by atoms with Crippen molar-refractivity contribution in [1.82, 2.24) is 4.98 Å². The van der Waals surface area contributed by atoms with Gasteiger partial charge >= 0.3 is 0 Å². The topological polar surface area (TPSA) is 68.0 Å². The van der Waals surface area contributed by atoms with Crippen LogP contribution in [0.4, 0.5) is 5.82 Å². The monoisotopic (exact) mass is 177 g/mol. The molecule has 4 nitrogen and oxygen atoms in total. The summed E-state index contributed by atoms with van der Waals surface area (Å²) in [7, 11) is 0. The number of aromatic nitrogens is 1. The first-order chi connectivity index (χ1) is 6.25. The van der Waals surface area contributed by atoms with Crippen molar-refractivity contribution in [3.63, 3.8) is 0 Å². The molecule has 0 bridgehead atoms. The van der Waals surface area contributed by atoms with Crippen molar-refractivity contribution in [3.05, 3.63) is 23.9 Å². The van der Waals surface area contributed by atoms with Crippen LogP contribution in [0.2, 0.25) is 0 Å². The highest BCUT2D eigenvalue weighted by molar-refractivity contribution is 5.91. The Morgan fingerprint density at radius 1 is 1.54 bits per heavy atom. The molecular weight excluding hydrogens is 166 g/mol. The van der Waals surface area contributed by atoms with Crippen molar-refractivity contribution >= 4 is 11.7 Å². The van der Waals surface area contributed by atoms with Crippen molar-refractivity contribution in [2.75, 3.05) is 5.32 Å². The maximum absolute atomic E-state index is 10.8. The zero-order valence-electron chi connectivity index (χ0n) is 7.16. The predicted octanol–water partition coefficient (Wildman–Crippen LogP) is 0.755. The number of nitrogens with one attached hydrogen (secondary N) is 1. The summed E-state index contributed by atoms with van der Waals surface area (Å²) in [5.41, 5.74) is 5.41. The minimum Gasteiger partial charge on any atom is -0.367 e. The van der Waals surface area contributed by atoms with Crippen LogP contribution in [0.1, 0.15) is 23.3 Å². The molecule has 13 heavy (non-hydrogen) atoms. The van der Waals surface area contributed by atoms with Gasteiger partial charge in [0.15, 0.2) is 0 Å². The Balaban J connectivity index is 2.15. The molecule has 0 saturated heterocycles. The van der Waals surface area contributed by atoms with Gasteiger partial charge in [-0.15, -0.1) is 0 Å². The quantitative estimate of drug-likeness (QED) is 0.716. The van der Waals surface area contributed by atoms with E-state index in [0.717, 1.165) is 5.82 Å². The average Bonchev–Trinajstić information content (AvgIpc) is 2.89. The van der Waals surface area contributed by atoms with Crippen LogP contribution in [0.3, 0.4) is 0 Å². The van der Waals surface area contributed by atoms with Crippen LogP contribution in [-0.2, 0) is 0 Å². The maximum atomic E-state index is 10.8. The fraction of sp³-hybridized carbons (Fsp3) is 0.333. The zero-order valence-corrected chi connectivity index (χ0v) is 7.16. The van der Waals surface area contributed by atoms with Gasteiger partial charge in [0.25, 0.3) is 5.91 Å². The normalized spacial score (nSPS) is 15.4. The number of amides is 1. The second kappa shape index (κ2) is 3.05. The number of nitrogens with two attached hydrogens (primary N) is 1. The number of hydrogen-bond donors (Lipinski definition) is 2. The van der Waals surface area contributed by atoms with Gasteiger partial charge in [0.2, 0.25) is 0 Å². The van der Waals surface area contributed by atoms with Crippen LogP contribution in [0, 0.1) is 0 Å². The van der Waals surface area contributed by atoms with Gasteiger partial charge in [-0.25, -0.2) is 4.98 Å². The van der Waals surface area contributed by atoms with E-state index in [9.17, 15) is 4.79 Å². The van der Waals surface area contributed by atoms with Crippen molar-refractivity contribution in [2.24, 2.45) is 5.73 Å². The summed E-state index contributed by atoms with van der Waals surface area (Å²) >= 11 is 0. The van der Waals surface area contributed by atoms with Gasteiger partial charge in [-0.3, -0.25) is 4.79 Å². The van der Waals surface area contributed by atoms with Gasteiger partial charge < -0.3 is 11.1 Å². The summed E-state index contributed by atoms with van der Waals surface area (Å²) < 4.78 is 0. The molecule has 0 unspecified atom stereocenters. The lowest BCUT2D eigenvalue weighted by Crippen LogP contribution is -2.14. The maximum Gasteiger partial charge on any atom is 0.267 e. The smallest absolute Gasteiger partial charge is 0.267 e. The van der Waals surface area contributed by atoms with Crippen LogP contribution in [-0.4, -0.2) is 16.9 Å². The highest BCUT2D eigenvalue weighted by atomic mass is 16.1. The molecule has 1 aromatic heterocycles. The highest BCUT2D eigenvalue weighted by Gasteiger charge is 2.21. The fourth-order valence-electron chi connectivity index (χ4n) is 1.09. The lowest BCUT2D eigenvalue weighted by Gasteiger charge is -2.03. The second-order valence-corrected chi connectivity index (χ2v) is 3.19. The molecule has 1 aromatic rings. The number of rotatable bonds is 3. The van der Waals surface area contributed by atoms with Gasteiger partial charge in [-0.1, -0.05) is 6.07 Å². The van der Waals surface area contributed by atoms with Gasteiger partial charge in [0, 0.05) is 6.04 Å². The molecular formula is C9H11N3O.